The topological polar surface area (TPSA) is 69.9 Å². The van der Waals surface area contributed by atoms with Crippen LogP contribution in [0.4, 0.5) is 0 Å². The smallest absolute Gasteiger partial charge is 0.224 e. The summed E-state index contributed by atoms with van der Waals surface area (Å²) in [5, 5.41) is 32.7. The van der Waals surface area contributed by atoms with Gasteiger partial charge >= 0.3 is 0 Å². The highest BCUT2D eigenvalue weighted by Crippen LogP contribution is 2.42. The fourth-order valence-corrected chi connectivity index (χ4v) is 2.58. The van der Waals surface area contributed by atoms with Gasteiger partial charge < -0.3 is 20.1 Å². The molecule has 0 radical (unpaired) electrons. The second-order valence-corrected chi connectivity index (χ2v) is 5.51. The van der Waals surface area contributed by atoms with E-state index in [1.54, 1.807) is 61.5 Å². The lowest BCUT2D eigenvalue weighted by atomic mass is 9.77. The van der Waals surface area contributed by atoms with Crippen molar-refractivity contribution in [3.8, 4) is 0 Å². The van der Waals surface area contributed by atoms with Gasteiger partial charge in [-0.15, -0.1) is 0 Å². The molecule has 0 fully saturated rings. The van der Waals surface area contributed by atoms with E-state index in [9.17, 15) is 15.3 Å². The molecular weight excluding hydrogens is 280 g/mol. The van der Waals surface area contributed by atoms with Gasteiger partial charge in [0.2, 0.25) is 5.79 Å². The van der Waals surface area contributed by atoms with Gasteiger partial charge in [0.15, 0.2) is 0 Å². The Balaban J connectivity index is 2.53. The second-order valence-electron chi connectivity index (χ2n) is 5.51. The number of ether oxygens (including phenoxy) is 1. The van der Waals surface area contributed by atoms with Crippen LogP contribution < -0.4 is 0 Å². The van der Waals surface area contributed by atoms with Gasteiger partial charge in [-0.2, -0.15) is 0 Å². The summed E-state index contributed by atoms with van der Waals surface area (Å²) in [5.74, 6) is -2.44. The van der Waals surface area contributed by atoms with Crippen molar-refractivity contribution in [2.45, 2.75) is 30.8 Å². The minimum absolute atomic E-state index is 0.0371. The maximum atomic E-state index is 11.2. The maximum Gasteiger partial charge on any atom is 0.224 e. The van der Waals surface area contributed by atoms with Gasteiger partial charge in [0.05, 0.1) is 6.10 Å². The van der Waals surface area contributed by atoms with E-state index in [0.717, 1.165) is 0 Å². The van der Waals surface area contributed by atoms with Crippen LogP contribution in [0, 0.1) is 0 Å². The monoisotopic (exact) mass is 302 g/mol. The molecule has 2 unspecified atom stereocenters. The normalized spacial score (nSPS) is 16.0. The fraction of sp³-hybridized carbons (Fsp3) is 0.333. The van der Waals surface area contributed by atoms with Crippen LogP contribution in [0.3, 0.4) is 0 Å². The molecule has 3 N–H and O–H groups in total. The van der Waals surface area contributed by atoms with Crippen LogP contribution in [0.15, 0.2) is 60.7 Å². The molecule has 0 aliphatic heterocycles. The molecule has 0 saturated heterocycles. The molecule has 0 aliphatic carbocycles. The molecule has 0 bridgehead atoms. The summed E-state index contributed by atoms with van der Waals surface area (Å²) in [5.41, 5.74) is -1.25. The number of hydrogen-bond donors (Lipinski definition) is 3. The number of hydrogen-bond acceptors (Lipinski definition) is 4. The number of methoxy groups -OCH3 is 1. The third-order valence-electron chi connectivity index (χ3n) is 3.99. The Hall–Kier alpha value is -1.72. The molecule has 0 spiro atoms. The van der Waals surface area contributed by atoms with Gasteiger partial charge in [-0.25, -0.2) is 0 Å². The molecule has 0 heterocycles. The van der Waals surface area contributed by atoms with Gasteiger partial charge in [-0.1, -0.05) is 60.7 Å². The maximum absolute atomic E-state index is 11.2. The van der Waals surface area contributed by atoms with Crippen LogP contribution in [0.25, 0.3) is 0 Å². The van der Waals surface area contributed by atoms with E-state index in [4.69, 9.17) is 4.74 Å². The van der Waals surface area contributed by atoms with Gasteiger partial charge in [-0.3, -0.25) is 0 Å². The third kappa shape index (κ3) is 3.05. The quantitative estimate of drug-likeness (QED) is 0.715. The average molecular weight is 302 g/mol. The molecule has 2 aromatic rings. The summed E-state index contributed by atoms with van der Waals surface area (Å²) < 4.78 is 5.22. The van der Waals surface area contributed by atoms with Crippen LogP contribution in [0.2, 0.25) is 0 Å². The van der Waals surface area contributed by atoms with E-state index in [2.05, 4.69) is 0 Å². The van der Waals surface area contributed by atoms with Gasteiger partial charge in [-0.05, 0) is 12.5 Å². The molecule has 22 heavy (non-hydrogen) atoms. The Labute approximate surface area is 130 Å². The zero-order valence-corrected chi connectivity index (χ0v) is 12.8. The van der Waals surface area contributed by atoms with E-state index in [1.165, 1.54) is 7.11 Å². The molecule has 0 aliphatic rings. The van der Waals surface area contributed by atoms with Gasteiger partial charge in [0.1, 0.15) is 5.60 Å². The lowest BCUT2D eigenvalue weighted by Crippen LogP contribution is -2.51. The predicted octanol–water partition coefficient (Wildman–Crippen LogP) is 2.14. The van der Waals surface area contributed by atoms with Crippen LogP contribution in [-0.4, -0.2) is 28.5 Å². The zero-order valence-electron chi connectivity index (χ0n) is 12.8. The zero-order chi connectivity index (χ0) is 16.2. The largest absolute Gasteiger partial charge is 0.382 e. The van der Waals surface area contributed by atoms with E-state index in [1.807, 2.05) is 6.07 Å². The molecule has 0 saturated carbocycles. The minimum Gasteiger partial charge on any atom is -0.382 e. The SMILES string of the molecule is COC(C)CC(O)(c1ccccc1)C(O)(O)c1ccccc1. The van der Waals surface area contributed by atoms with E-state index < -0.39 is 11.4 Å². The first-order valence-corrected chi connectivity index (χ1v) is 7.23. The van der Waals surface area contributed by atoms with Crippen molar-refractivity contribution in [3.63, 3.8) is 0 Å². The second kappa shape index (κ2) is 6.58. The van der Waals surface area contributed by atoms with Gasteiger partial charge in [0, 0.05) is 19.1 Å². The Morgan fingerprint density at radius 3 is 1.77 bits per heavy atom. The average Bonchev–Trinajstić information content (AvgIpc) is 2.56. The van der Waals surface area contributed by atoms with Crippen LogP contribution in [-0.2, 0) is 16.1 Å². The minimum atomic E-state index is -2.44. The van der Waals surface area contributed by atoms with E-state index in [-0.39, 0.29) is 18.1 Å². The summed E-state index contributed by atoms with van der Waals surface area (Å²) in [4.78, 5) is 0. The van der Waals surface area contributed by atoms with Crippen molar-refractivity contribution < 1.29 is 20.1 Å². The van der Waals surface area contributed by atoms with Crippen molar-refractivity contribution >= 4 is 0 Å². The summed E-state index contributed by atoms with van der Waals surface area (Å²) in [6.07, 6.45) is -0.317. The van der Waals surface area contributed by atoms with Crippen molar-refractivity contribution in [3.05, 3.63) is 71.8 Å². The van der Waals surface area contributed by atoms with Crippen LogP contribution in [0.5, 0.6) is 0 Å². The number of benzene rings is 2. The molecule has 0 aromatic heterocycles. The fourth-order valence-electron chi connectivity index (χ4n) is 2.58. The van der Waals surface area contributed by atoms with E-state index in [0.29, 0.717) is 5.56 Å². The van der Waals surface area contributed by atoms with Crippen LogP contribution in [0.1, 0.15) is 24.5 Å². The highest BCUT2D eigenvalue weighted by Gasteiger charge is 2.51. The molecule has 4 nitrogen and oxygen atoms in total. The van der Waals surface area contributed by atoms with Crippen molar-refractivity contribution in [2.75, 3.05) is 7.11 Å². The standard InChI is InChI=1S/C18H22O4/c1-14(22-2)13-17(19,15-9-5-3-6-10-15)18(20,21)16-11-7-4-8-12-16/h3-12,14,19-21H,13H2,1-2H3. The molecule has 2 rings (SSSR count). The molecule has 2 atom stereocenters. The Morgan fingerprint density at radius 1 is 0.864 bits per heavy atom. The lowest BCUT2D eigenvalue weighted by molar-refractivity contribution is -0.299. The predicted molar refractivity (Wildman–Crippen MR) is 84.0 cm³/mol. The Bertz CT molecular complexity index is 583. The summed E-state index contributed by atoms with van der Waals surface area (Å²) in [6, 6.07) is 17.0. The first-order chi connectivity index (χ1) is 10.4. The van der Waals surface area contributed by atoms with Gasteiger partial charge in [0.25, 0.3) is 0 Å². The number of rotatable bonds is 6. The highest BCUT2D eigenvalue weighted by molar-refractivity contribution is 5.31. The van der Waals surface area contributed by atoms with Crippen molar-refractivity contribution in [1.82, 2.24) is 0 Å². The molecular formula is C18H22O4. The summed E-state index contributed by atoms with van der Waals surface area (Å²) in [7, 11) is 1.52. The highest BCUT2D eigenvalue weighted by atomic mass is 16.5. The summed E-state index contributed by atoms with van der Waals surface area (Å²) >= 11 is 0. The molecule has 0 amide bonds. The van der Waals surface area contributed by atoms with Crippen LogP contribution >= 0.6 is 0 Å². The lowest BCUT2D eigenvalue weighted by Gasteiger charge is -2.41. The molecule has 118 valence electrons. The molecule has 2 aromatic carbocycles. The Morgan fingerprint density at radius 2 is 1.32 bits per heavy atom. The third-order valence-corrected chi connectivity index (χ3v) is 3.99. The summed E-state index contributed by atoms with van der Waals surface area (Å²) in [6.45, 7) is 1.77. The van der Waals surface area contributed by atoms with Crippen molar-refractivity contribution in [1.29, 1.82) is 0 Å². The van der Waals surface area contributed by atoms with Crippen molar-refractivity contribution in [2.24, 2.45) is 0 Å². The Kier molecular flexibility index (Phi) is 4.98. The number of aliphatic hydroxyl groups is 3. The molecule has 4 heteroatoms. The van der Waals surface area contributed by atoms with E-state index >= 15 is 0 Å². The first-order valence-electron chi connectivity index (χ1n) is 7.23. The first kappa shape index (κ1) is 16.6.